The van der Waals surface area contributed by atoms with Crippen molar-refractivity contribution in [1.82, 2.24) is 5.32 Å². The van der Waals surface area contributed by atoms with Crippen LogP contribution in [-0.4, -0.2) is 30.4 Å². The van der Waals surface area contributed by atoms with E-state index in [9.17, 15) is 4.79 Å². The summed E-state index contributed by atoms with van der Waals surface area (Å²) >= 11 is 1.78. The minimum absolute atomic E-state index is 0.249. The van der Waals surface area contributed by atoms with E-state index in [1.165, 1.54) is 4.90 Å². The molecule has 0 aliphatic heterocycles. The molecular weight excluding hydrogens is 284 g/mol. The van der Waals surface area contributed by atoms with Crippen LogP contribution in [0, 0.1) is 0 Å². The highest BCUT2D eigenvalue weighted by Gasteiger charge is 2.36. The predicted molar refractivity (Wildman–Crippen MR) is 86.7 cm³/mol. The molecule has 0 heterocycles. The molecule has 1 aliphatic carbocycles. The van der Waals surface area contributed by atoms with Gasteiger partial charge in [0.25, 0.3) is 0 Å². The number of carbonyl (C=O) groups excluding carboxylic acids is 1. The Kier molecular flexibility index (Phi) is 5.53. The Bertz CT molecular complexity index is 491. The molecule has 3 N–H and O–H groups in total. The van der Waals surface area contributed by atoms with E-state index >= 15 is 0 Å². The molecule has 1 atom stereocenters. The Morgan fingerprint density at radius 3 is 2.90 bits per heavy atom. The second-order valence-corrected chi connectivity index (χ2v) is 6.91. The lowest BCUT2D eigenvalue weighted by Gasteiger charge is -2.27. The van der Waals surface area contributed by atoms with Crippen molar-refractivity contribution in [2.45, 2.75) is 49.1 Å². The Balaban J connectivity index is 1.77. The molecule has 0 aromatic heterocycles. The van der Waals surface area contributed by atoms with Crippen LogP contribution in [-0.2, 0) is 4.79 Å². The van der Waals surface area contributed by atoms with Crippen LogP contribution < -0.4 is 15.8 Å². The van der Waals surface area contributed by atoms with Crippen molar-refractivity contribution < 1.29 is 9.53 Å². The molecule has 21 heavy (non-hydrogen) atoms. The predicted octanol–water partition coefficient (Wildman–Crippen LogP) is 2.56. The lowest BCUT2D eigenvalue weighted by Crippen LogP contribution is -2.54. The maximum absolute atomic E-state index is 11.7. The summed E-state index contributed by atoms with van der Waals surface area (Å²) < 4.78 is 5.21. The van der Waals surface area contributed by atoms with Crippen LogP contribution in [0.4, 0.5) is 0 Å². The number of nitrogens with one attached hydrogen (secondary N) is 1. The number of amides is 1. The van der Waals surface area contributed by atoms with E-state index in [1.807, 2.05) is 25.1 Å². The third-order valence-electron chi connectivity index (χ3n) is 3.77. The van der Waals surface area contributed by atoms with E-state index < -0.39 is 5.54 Å². The first kappa shape index (κ1) is 16.2. The maximum atomic E-state index is 11.7. The first-order chi connectivity index (χ1) is 10.0. The van der Waals surface area contributed by atoms with Crippen molar-refractivity contribution in [2.24, 2.45) is 5.73 Å². The summed E-state index contributed by atoms with van der Waals surface area (Å²) in [5.41, 5.74) is 4.98. The van der Waals surface area contributed by atoms with Crippen LogP contribution in [0.25, 0.3) is 0 Å². The van der Waals surface area contributed by atoms with Crippen molar-refractivity contribution in [1.29, 1.82) is 0 Å². The number of primary amides is 1. The zero-order valence-corrected chi connectivity index (χ0v) is 13.5. The number of benzene rings is 1. The van der Waals surface area contributed by atoms with Crippen LogP contribution in [0.5, 0.6) is 5.75 Å². The molecule has 116 valence electrons. The molecule has 2 rings (SSSR count). The number of methoxy groups -OCH3 is 1. The Hall–Kier alpha value is -1.20. The van der Waals surface area contributed by atoms with Gasteiger partial charge in [0.2, 0.25) is 5.91 Å². The maximum Gasteiger partial charge on any atom is 0.237 e. The number of thioether (sulfide) groups is 1. The van der Waals surface area contributed by atoms with Crippen molar-refractivity contribution in [2.75, 3.05) is 12.9 Å². The highest BCUT2D eigenvalue weighted by Crippen LogP contribution is 2.27. The third kappa shape index (κ3) is 4.93. The molecular formula is C16H24N2O2S. The molecule has 5 heteroatoms. The standard InChI is InChI=1S/C16H24N2O2S/c1-16(15(17)19,18-12-7-8-12)9-4-10-21-14-6-3-5-13(11-14)20-2/h3,5-6,11-12,18H,4,7-10H2,1-2H3,(H2,17,19). The molecule has 0 bridgehead atoms. The van der Waals surface area contributed by atoms with Crippen LogP contribution >= 0.6 is 11.8 Å². The van der Waals surface area contributed by atoms with E-state index in [0.717, 1.165) is 37.2 Å². The lowest BCUT2D eigenvalue weighted by molar-refractivity contribution is -0.124. The SMILES string of the molecule is COc1cccc(SCCCC(C)(NC2CC2)C(N)=O)c1. The summed E-state index contributed by atoms with van der Waals surface area (Å²) in [6.45, 7) is 1.92. The minimum Gasteiger partial charge on any atom is -0.497 e. The number of hydrogen-bond donors (Lipinski definition) is 2. The van der Waals surface area contributed by atoms with Gasteiger partial charge in [0, 0.05) is 10.9 Å². The monoisotopic (exact) mass is 308 g/mol. The molecule has 1 aromatic rings. The average Bonchev–Trinajstić information content (AvgIpc) is 3.27. The molecule has 0 radical (unpaired) electrons. The van der Waals surface area contributed by atoms with Gasteiger partial charge in [-0.15, -0.1) is 11.8 Å². The van der Waals surface area contributed by atoms with Crippen molar-refractivity contribution in [3.05, 3.63) is 24.3 Å². The van der Waals surface area contributed by atoms with Gasteiger partial charge in [0.1, 0.15) is 5.75 Å². The van der Waals surface area contributed by atoms with Crippen LogP contribution in [0.2, 0.25) is 0 Å². The van der Waals surface area contributed by atoms with Gasteiger partial charge in [0.15, 0.2) is 0 Å². The molecule has 1 aromatic carbocycles. The molecule has 1 aliphatic rings. The van der Waals surface area contributed by atoms with Gasteiger partial charge in [-0.3, -0.25) is 4.79 Å². The van der Waals surface area contributed by atoms with Crippen molar-refractivity contribution in [3.8, 4) is 5.75 Å². The summed E-state index contributed by atoms with van der Waals surface area (Å²) in [4.78, 5) is 12.9. The summed E-state index contributed by atoms with van der Waals surface area (Å²) in [5.74, 6) is 1.58. The van der Waals surface area contributed by atoms with Crippen LogP contribution in [0.1, 0.15) is 32.6 Å². The normalized spacial score (nSPS) is 17.2. The summed E-state index contributed by atoms with van der Waals surface area (Å²) in [6.07, 6.45) is 4.03. The average molecular weight is 308 g/mol. The van der Waals surface area contributed by atoms with Gasteiger partial charge < -0.3 is 15.8 Å². The van der Waals surface area contributed by atoms with Gasteiger partial charge in [-0.25, -0.2) is 0 Å². The van der Waals surface area contributed by atoms with E-state index in [1.54, 1.807) is 18.9 Å². The minimum atomic E-state index is -0.573. The Morgan fingerprint density at radius 1 is 1.52 bits per heavy atom. The fourth-order valence-corrected chi connectivity index (χ4v) is 3.15. The smallest absolute Gasteiger partial charge is 0.237 e. The summed E-state index contributed by atoms with van der Waals surface area (Å²) in [6, 6.07) is 8.51. The quantitative estimate of drug-likeness (QED) is 0.543. The zero-order valence-electron chi connectivity index (χ0n) is 12.7. The first-order valence-electron chi connectivity index (χ1n) is 7.38. The fraction of sp³-hybridized carbons (Fsp3) is 0.562. The molecule has 4 nitrogen and oxygen atoms in total. The molecule has 1 amide bonds. The highest BCUT2D eigenvalue weighted by atomic mass is 32.2. The van der Waals surface area contributed by atoms with Crippen molar-refractivity contribution in [3.63, 3.8) is 0 Å². The third-order valence-corrected chi connectivity index (χ3v) is 4.85. The number of nitrogens with two attached hydrogens (primary N) is 1. The molecule has 1 unspecified atom stereocenters. The number of rotatable bonds is 9. The van der Waals surface area contributed by atoms with E-state index in [-0.39, 0.29) is 5.91 Å². The van der Waals surface area contributed by atoms with Gasteiger partial charge in [-0.1, -0.05) is 6.07 Å². The van der Waals surface area contributed by atoms with Gasteiger partial charge in [0.05, 0.1) is 12.6 Å². The van der Waals surface area contributed by atoms with E-state index in [2.05, 4.69) is 11.4 Å². The van der Waals surface area contributed by atoms with Gasteiger partial charge in [-0.05, 0) is 56.6 Å². The summed E-state index contributed by atoms with van der Waals surface area (Å²) in [7, 11) is 1.67. The Morgan fingerprint density at radius 2 is 2.29 bits per heavy atom. The van der Waals surface area contributed by atoms with Crippen LogP contribution in [0.3, 0.4) is 0 Å². The molecule has 0 saturated heterocycles. The molecule has 1 saturated carbocycles. The Labute approximate surface area is 130 Å². The van der Waals surface area contributed by atoms with Gasteiger partial charge in [-0.2, -0.15) is 0 Å². The van der Waals surface area contributed by atoms with Crippen LogP contribution in [0.15, 0.2) is 29.2 Å². The molecule has 0 spiro atoms. The second kappa shape index (κ2) is 7.18. The number of hydrogen-bond acceptors (Lipinski definition) is 4. The van der Waals surface area contributed by atoms with E-state index in [0.29, 0.717) is 6.04 Å². The van der Waals surface area contributed by atoms with Crippen molar-refractivity contribution >= 4 is 17.7 Å². The molecule has 1 fully saturated rings. The number of carbonyl (C=O) groups is 1. The largest absolute Gasteiger partial charge is 0.497 e. The topological polar surface area (TPSA) is 64.3 Å². The fourth-order valence-electron chi connectivity index (χ4n) is 2.25. The highest BCUT2D eigenvalue weighted by molar-refractivity contribution is 7.99. The van der Waals surface area contributed by atoms with Gasteiger partial charge >= 0.3 is 0 Å². The summed E-state index contributed by atoms with van der Waals surface area (Å²) in [5, 5.41) is 3.38. The van der Waals surface area contributed by atoms with E-state index in [4.69, 9.17) is 10.5 Å². The zero-order chi connectivity index (χ0) is 15.3. The first-order valence-corrected chi connectivity index (χ1v) is 8.36. The number of ether oxygens (including phenoxy) is 1. The second-order valence-electron chi connectivity index (χ2n) is 5.75. The lowest BCUT2D eigenvalue weighted by atomic mass is 9.95.